The number of carbonyl (C=O) groups is 2. The molecule has 0 saturated heterocycles. The van der Waals surface area contributed by atoms with Crippen molar-refractivity contribution in [3.63, 3.8) is 0 Å². The van der Waals surface area contributed by atoms with E-state index >= 15 is 0 Å². The minimum absolute atomic E-state index is 0.0458. The van der Waals surface area contributed by atoms with Gasteiger partial charge in [-0.2, -0.15) is 0 Å². The summed E-state index contributed by atoms with van der Waals surface area (Å²) in [5, 5.41) is 9.39. The fourth-order valence-electron chi connectivity index (χ4n) is 2.48. The molecular formula is C14H15ClO3. The first kappa shape index (κ1) is 13.1. The fraction of sp³-hybridized carbons (Fsp3) is 0.429. The van der Waals surface area contributed by atoms with Crippen molar-refractivity contribution >= 4 is 23.4 Å². The first-order valence-electron chi connectivity index (χ1n) is 6.11. The average Bonchev–Trinajstić information content (AvgIpc) is 2.38. The number of carboxylic acids is 1. The molecule has 0 atom stereocenters. The molecule has 3 nitrogen and oxygen atoms in total. The normalized spacial score (nSPS) is 23.6. The van der Waals surface area contributed by atoms with E-state index in [0.29, 0.717) is 36.3 Å². The van der Waals surface area contributed by atoms with E-state index in [1.165, 1.54) is 0 Å². The lowest BCUT2D eigenvalue weighted by Crippen LogP contribution is -2.26. The zero-order chi connectivity index (χ0) is 13.1. The minimum Gasteiger partial charge on any atom is -0.481 e. The maximum atomic E-state index is 12.3. The van der Waals surface area contributed by atoms with Gasteiger partial charge in [0.1, 0.15) is 0 Å². The number of halogens is 1. The van der Waals surface area contributed by atoms with Crippen LogP contribution >= 0.6 is 11.6 Å². The quantitative estimate of drug-likeness (QED) is 0.853. The fourth-order valence-corrected chi connectivity index (χ4v) is 2.71. The van der Waals surface area contributed by atoms with E-state index < -0.39 is 5.97 Å². The van der Waals surface area contributed by atoms with Crippen molar-refractivity contribution in [2.45, 2.75) is 25.7 Å². The number of benzene rings is 1. The van der Waals surface area contributed by atoms with Crippen LogP contribution in [0.2, 0.25) is 5.02 Å². The molecule has 0 unspecified atom stereocenters. The van der Waals surface area contributed by atoms with Crippen LogP contribution in [0, 0.1) is 11.8 Å². The standard InChI is InChI=1S/C14H15ClO3/c15-12-4-2-1-3-11(12)13(16)9-5-7-10(8-6-9)14(17)18/h1-4,9-10H,5-8H2,(H,17,18). The van der Waals surface area contributed by atoms with Crippen molar-refractivity contribution in [1.29, 1.82) is 0 Å². The molecule has 0 spiro atoms. The number of ketones is 1. The number of hydrogen-bond donors (Lipinski definition) is 1. The van der Waals surface area contributed by atoms with E-state index in [1.54, 1.807) is 24.3 Å². The molecule has 1 fully saturated rings. The number of carbonyl (C=O) groups excluding carboxylic acids is 1. The second kappa shape index (κ2) is 5.53. The monoisotopic (exact) mass is 266 g/mol. The van der Waals surface area contributed by atoms with Gasteiger partial charge in [0.05, 0.1) is 10.9 Å². The van der Waals surface area contributed by atoms with Crippen molar-refractivity contribution in [1.82, 2.24) is 0 Å². The van der Waals surface area contributed by atoms with Crippen molar-refractivity contribution in [2.75, 3.05) is 0 Å². The molecule has 18 heavy (non-hydrogen) atoms. The summed E-state index contributed by atoms with van der Waals surface area (Å²) in [6.45, 7) is 0. The highest BCUT2D eigenvalue weighted by molar-refractivity contribution is 6.34. The number of aliphatic carboxylic acids is 1. The summed E-state index contributed by atoms with van der Waals surface area (Å²) in [5.74, 6) is -1.08. The Hall–Kier alpha value is -1.35. The molecule has 1 aliphatic rings. The Labute approximate surface area is 111 Å². The average molecular weight is 267 g/mol. The van der Waals surface area contributed by atoms with Crippen LogP contribution < -0.4 is 0 Å². The first-order chi connectivity index (χ1) is 8.59. The SMILES string of the molecule is O=C(O)C1CCC(C(=O)c2ccccc2Cl)CC1. The third-order valence-electron chi connectivity index (χ3n) is 3.59. The molecular weight excluding hydrogens is 252 g/mol. The van der Waals surface area contributed by atoms with Crippen molar-refractivity contribution < 1.29 is 14.7 Å². The Morgan fingerprint density at radius 1 is 1.06 bits per heavy atom. The lowest BCUT2D eigenvalue weighted by atomic mass is 9.78. The van der Waals surface area contributed by atoms with Crippen LogP contribution in [0.3, 0.4) is 0 Å². The third kappa shape index (κ3) is 2.72. The highest BCUT2D eigenvalue weighted by Gasteiger charge is 2.30. The molecule has 1 N–H and O–H groups in total. The Morgan fingerprint density at radius 2 is 1.61 bits per heavy atom. The largest absolute Gasteiger partial charge is 0.481 e. The van der Waals surface area contributed by atoms with Crippen molar-refractivity contribution in [3.05, 3.63) is 34.9 Å². The van der Waals surface area contributed by atoms with E-state index in [0.717, 1.165) is 0 Å². The van der Waals surface area contributed by atoms with Crippen molar-refractivity contribution in [3.8, 4) is 0 Å². The van der Waals surface area contributed by atoms with E-state index in [-0.39, 0.29) is 17.6 Å². The number of hydrogen-bond acceptors (Lipinski definition) is 2. The molecule has 0 aliphatic heterocycles. The van der Waals surface area contributed by atoms with Gasteiger partial charge in [0, 0.05) is 11.5 Å². The van der Waals surface area contributed by atoms with E-state index in [9.17, 15) is 9.59 Å². The van der Waals surface area contributed by atoms with Gasteiger partial charge in [0.15, 0.2) is 5.78 Å². The maximum Gasteiger partial charge on any atom is 0.306 e. The van der Waals surface area contributed by atoms with Gasteiger partial charge < -0.3 is 5.11 Å². The third-order valence-corrected chi connectivity index (χ3v) is 3.92. The molecule has 1 saturated carbocycles. The van der Waals surface area contributed by atoms with Crippen LogP contribution in [-0.2, 0) is 4.79 Å². The van der Waals surface area contributed by atoms with Gasteiger partial charge in [-0.25, -0.2) is 0 Å². The van der Waals surface area contributed by atoms with Gasteiger partial charge in [0.25, 0.3) is 0 Å². The molecule has 0 amide bonds. The van der Waals surface area contributed by atoms with Gasteiger partial charge >= 0.3 is 5.97 Å². The van der Waals surface area contributed by atoms with Gasteiger partial charge in [-0.15, -0.1) is 0 Å². The zero-order valence-corrected chi connectivity index (χ0v) is 10.7. The number of rotatable bonds is 3. The van der Waals surface area contributed by atoms with E-state index in [4.69, 9.17) is 16.7 Å². The predicted molar refractivity (Wildman–Crippen MR) is 68.9 cm³/mol. The molecule has 2 rings (SSSR count). The van der Waals surface area contributed by atoms with Gasteiger partial charge in [-0.1, -0.05) is 23.7 Å². The van der Waals surface area contributed by atoms with Gasteiger partial charge in [-0.3, -0.25) is 9.59 Å². The van der Waals surface area contributed by atoms with Crippen LogP contribution in [0.4, 0.5) is 0 Å². The minimum atomic E-state index is -0.751. The molecule has 96 valence electrons. The molecule has 0 heterocycles. The lowest BCUT2D eigenvalue weighted by Gasteiger charge is -2.25. The Kier molecular flexibility index (Phi) is 4.02. The summed E-state index contributed by atoms with van der Waals surface area (Å²) in [4.78, 5) is 23.1. The summed E-state index contributed by atoms with van der Waals surface area (Å²) in [5.41, 5.74) is 0.554. The Balaban J connectivity index is 2.04. The molecule has 0 aromatic heterocycles. The summed E-state index contributed by atoms with van der Waals surface area (Å²) < 4.78 is 0. The lowest BCUT2D eigenvalue weighted by molar-refractivity contribution is -0.143. The maximum absolute atomic E-state index is 12.3. The summed E-state index contributed by atoms with van der Waals surface area (Å²) in [6, 6.07) is 7.02. The Bertz CT molecular complexity index is 462. The van der Waals surface area contributed by atoms with Crippen LogP contribution in [0.5, 0.6) is 0 Å². The molecule has 1 aromatic rings. The highest BCUT2D eigenvalue weighted by atomic mass is 35.5. The first-order valence-corrected chi connectivity index (χ1v) is 6.49. The predicted octanol–water partition coefficient (Wildman–Crippen LogP) is 3.41. The molecule has 0 radical (unpaired) electrons. The molecule has 4 heteroatoms. The van der Waals surface area contributed by atoms with E-state index in [2.05, 4.69) is 0 Å². The highest BCUT2D eigenvalue weighted by Crippen LogP contribution is 2.32. The summed E-state index contributed by atoms with van der Waals surface area (Å²) >= 11 is 6.00. The van der Waals surface area contributed by atoms with Crippen LogP contribution in [0.15, 0.2) is 24.3 Å². The number of carboxylic acid groups (broad SMARTS) is 1. The number of Topliss-reactive ketones (excluding diaryl/α,β-unsaturated/α-hetero) is 1. The summed E-state index contributed by atoms with van der Waals surface area (Å²) in [6.07, 6.45) is 2.44. The smallest absolute Gasteiger partial charge is 0.306 e. The second-order valence-electron chi connectivity index (χ2n) is 4.73. The van der Waals surface area contributed by atoms with Crippen LogP contribution in [-0.4, -0.2) is 16.9 Å². The van der Waals surface area contributed by atoms with Gasteiger partial charge in [-0.05, 0) is 37.8 Å². The molecule has 1 aromatic carbocycles. The van der Waals surface area contributed by atoms with E-state index in [1.807, 2.05) is 0 Å². The second-order valence-corrected chi connectivity index (χ2v) is 5.14. The zero-order valence-electron chi connectivity index (χ0n) is 9.93. The molecule has 0 bridgehead atoms. The van der Waals surface area contributed by atoms with Gasteiger partial charge in [0.2, 0.25) is 0 Å². The summed E-state index contributed by atoms with van der Waals surface area (Å²) in [7, 11) is 0. The van der Waals surface area contributed by atoms with Crippen molar-refractivity contribution in [2.24, 2.45) is 11.8 Å². The van der Waals surface area contributed by atoms with Crippen LogP contribution in [0.25, 0.3) is 0 Å². The Morgan fingerprint density at radius 3 is 2.17 bits per heavy atom. The van der Waals surface area contributed by atoms with Crippen LogP contribution in [0.1, 0.15) is 36.0 Å². The topological polar surface area (TPSA) is 54.4 Å². The molecule has 1 aliphatic carbocycles.